The summed E-state index contributed by atoms with van der Waals surface area (Å²) in [4.78, 5) is 0. The minimum Gasteiger partial charge on any atom is -0.374 e. The van der Waals surface area contributed by atoms with E-state index in [-0.39, 0.29) is 0 Å². The van der Waals surface area contributed by atoms with Crippen molar-refractivity contribution in [3.63, 3.8) is 0 Å². The van der Waals surface area contributed by atoms with E-state index >= 15 is 0 Å². The first-order valence-corrected chi connectivity index (χ1v) is 11.2. The predicted octanol–water partition coefficient (Wildman–Crippen LogP) is 7.47. The van der Waals surface area contributed by atoms with Crippen LogP contribution in [0.3, 0.4) is 0 Å². The molecule has 0 aliphatic heterocycles. The largest absolute Gasteiger partial charge is 0.374 e. The van der Waals surface area contributed by atoms with E-state index in [1.54, 1.807) is 0 Å². The van der Waals surface area contributed by atoms with Crippen molar-refractivity contribution < 1.29 is 4.74 Å². The normalized spacial score (nSPS) is 31.1. The van der Waals surface area contributed by atoms with Gasteiger partial charge in [0.15, 0.2) is 0 Å². The molecule has 1 heteroatoms. The van der Waals surface area contributed by atoms with Crippen LogP contribution in [0.2, 0.25) is 0 Å². The molecule has 0 radical (unpaired) electrons. The van der Waals surface area contributed by atoms with Crippen LogP contribution in [0.25, 0.3) is 0 Å². The molecule has 2 fully saturated rings. The molecule has 0 spiro atoms. The fourth-order valence-corrected chi connectivity index (χ4v) is 4.79. The summed E-state index contributed by atoms with van der Waals surface area (Å²) < 4.78 is 5.99. The van der Waals surface area contributed by atoms with E-state index in [0.717, 1.165) is 30.8 Å². The van der Waals surface area contributed by atoms with Gasteiger partial charge in [-0.2, -0.15) is 0 Å². The van der Waals surface area contributed by atoms with Crippen molar-refractivity contribution in [3.05, 3.63) is 24.3 Å². The Morgan fingerprint density at radius 1 is 0.720 bits per heavy atom. The van der Waals surface area contributed by atoms with Gasteiger partial charge in [-0.05, 0) is 69.6 Å². The first-order valence-electron chi connectivity index (χ1n) is 11.2. The molecule has 0 unspecified atom stereocenters. The van der Waals surface area contributed by atoms with Gasteiger partial charge >= 0.3 is 0 Å². The summed E-state index contributed by atoms with van der Waals surface area (Å²) >= 11 is 0. The van der Waals surface area contributed by atoms with Gasteiger partial charge in [0.05, 0.1) is 12.7 Å². The van der Waals surface area contributed by atoms with Gasteiger partial charge in [-0.25, -0.2) is 0 Å². The van der Waals surface area contributed by atoms with Gasteiger partial charge in [-0.1, -0.05) is 69.8 Å². The van der Waals surface area contributed by atoms with E-state index in [1.807, 2.05) is 0 Å². The van der Waals surface area contributed by atoms with Gasteiger partial charge < -0.3 is 4.74 Å². The molecule has 0 saturated heterocycles. The van der Waals surface area contributed by atoms with Crippen LogP contribution in [0.5, 0.6) is 0 Å². The highest BCUT2D eigenvalue weighted by Gasteiger charge is 2.24. The Morgan fingerprint density at radius 3 is 1.84 bits per heavy atom. The van der Waals surface area contributed by atoms with E-state index < -0.39 is 0 Å². The minimum absolute atomic E-state index is 0.533. The molecule has 2 saturated carbocycles. The maximum absolute atomic E-state index is 5.99. The molecule has 0 N–H and O–H groups in total. The molecule has 25 heavy (non-hydrogen) atoms. The molecule has 0 amide bonds. The Hall–Kier alpha value is -0.560. The van der Waals surface area contributed by atoms with Gasteiger partial charge in [-0.15, -0.1) is 0 Å². The lowest BCUT2D eigenvalue weighted by Gasteiger charge is -2.32. The van der Waals surface area contributed by atoms with Crippen molar-refractivity contribution in [2.24, 2.45) is 17.8 Å². The molecule has 0 bridgehead atoms. The van der Waals surface area contributed by atoms with Crippen LogP contribution in [0.1, 0.15) is 97.3 Å². The zero-order valence-electron chi connectivity index (χ0n) is 16.9. The van der Waals surface area contributed by atoms with Crippen molar-refractivity contribution in [1.29, 1.82) is 0 Å². The first-order chi connectivity index (χ1) is 12.3. The van der Waals surface area contributed by atoms with Crippen LogP contribution in [0.4, 0.5) is 0 Å². The molecule has 0 aromatic heterocycles. The second kappa shape index (κ2) is 12.7. The third-order valence-corrected chi connectivity index (χ3v) is 6.55. The summed E-state index contributed by atoms with van der Waals surface area (Å²) in [6, 6.07) is 0. The Labute approximate surface area is 157 Å². The number of ether oxygens (including phenoxy) is 1. The van der Waals surface area contributed by atoms with Gasteiger partial charge in [0, 0.05) is 0 Å². The van der Waals surface area contributed by atoms with Crippen molar-refractivity contribution in [3.8, 4) is 0 Å². The first kappa shape index (κ1) is 20.7. The van der Waals surface area contributed by atoms with Gasteiger partial charge in [0.2, 0.25) is 0 Å². The number of hydrogen-bond acceptors (Lipinski definition) is 1. The maximum Gasteiger partial charge on any atom is 0.0651 e. The number of hydrogen-bond donors (Lipinski definition) is 0. The fourth-order valence-electron chi connectivity index (χ4n) is 4.79. The smallest absolute Gasteiger partial charge is 0.0651 e. The summed E-state index contributed by atoms with van der Waals surface area (Å²) in [5.41, 5.74) is 0. The Balaban J connectivity index is 1.51. The standard InChI is InChI=1S/C24H42O/c1-3-5-7-9-21-10-12-22(13-11-21)14-15-23-16-18-24(19-17-23)25-20-8-6-4-2/h3,5-6,8,21-24H,4,7,9-20H2,1-2H3/b5-3+,8-6+. The quantitative estimate of drug-likeness (QED) is 0.373. The second-order valence-electron chi connectivity index (χ2n) is 8.47. The van der Waals surface area contributed by atoms with Crippen molar-refractivity contribution >= 4 is 0 Å². The monoisotopic (exact) mass is 346 g/mol. The zero-order chi connectivity index (χ0) is 17.7. The molecule has 0 atom stereocenters. The molecule has 0 heterocycles. The molecular formula is C24H42O. The van der Waals surface area contributed by atoms with Crippen LogP contribution in [0, 0.1) is 17.8 Å². The van der Waals surface area contributed by atoms with Crippen LogP contribution in [0.15, 0.2) is 24.3 Å². The highest BCUT2D eigenvalue weighted by molar-refractivity contribution is 4.82. The van der Waals surface area contributed by atoms with Gasteiger partial charge in [0.25, 0.3) is 0 Å². The van der Waals surface area contributed by atoms with E-state index in [1.165, 1.54) is 77.0 Å². The summed E-state index contributed by atoms with van der Waals surface area (Å²) in [6.07, 6.45) is 27.7. The molecule has 2 aliphatic rings. The third-order valence-electron chi connectivity index (χ3n) is 6.55. The van der Waals surface area contributed by atoms with Crippen LogP contribution in [-0.4, -0.2) is 12.7 Å². The van der Waals surface area contributed by atoms with Crippen molar-refractivity contribution in [2.45, 2.75) is 103 Å². The maximum atomic E-state index is 5.99. The van der Waals surface area contributed by atoms with E-state index in [2.05, 4.69) is 38.2 Å². The predicted molar refractivity (Wildman–Crippen MR) is 110 cm³/mol. The summed E-state index contributed by atoms with van der Waals surface area (Å²) in [6.45, 7) is 5.14. The van der Waals surface area contributed by atoms with Crippen LogP contribution >= 0.6 is 0 Å². The zero-order valence-corrected chi connectivity index (χ0v) is 16.9. The van der Waals surface area contributed by atoms with E-state index in [4.69, 9.17) is 4.74 Å². The SMILES string of the molecule is C/C=C/CCC1CCC(CCC2CCC(OC/C=C/CC)CC2)CC1. The van der Waals surface area contributed by atoms with Gasteiger partial charge in [0.1, 0.15) is 0 Å². The third kappa shape index (κ3) is 8.58. The Morgan fingerprint density at radius 2 is 1.28 bits per heavy atom. The molecular weight excluding hydrogens is 304 g/mol. The summed E-state index contributed by atoms with van der Waals surface area (Å²) in [7, 11) is 0. The summed E-state index contributed by atoms with van der Waals surface area (Å²) in [5, 5.41) is 0. The lowest BCUT2D eigenvalue weighted by molar-refractivity contribution is 0.0324. The lowest BCUT2D eigenvalue weighted by atomic mass is 9.76. The second-order valence-corrected chi connectivity index (χ2v) is 8.47. The summed E-state index contributed by atoms with van der Waals surface area (Å²) in [5.74, 6) is 3.03. The fraction of sp³-hybridized carbons (Fsp3) is 0.833. The van der Waals surface area contributed by atoms with Crippen molar-refractivity contribution in [1.82, 2.24) is 0 Å². The topological polar surface area (TPSA) is 9.23 Å². The average molecular weight is 347 g/mol. The minimum atomic E-state index is 0.533. The highest BCUT2D eigenvalue weighted by Crippen LogP contribution is 2.37. The van der Waals surface area contributed by atoms with E-state index in [9.17, 15) is 0 Å². The van der Waals surface area contributed by atoms with Crippen molar-refractivity contribution in [2.75, 3.05) is 6.61 Å². The van der Waals surface area contributed by atoms with Crippen LogP contribution in [-0.2, 0) is 4.74 Å². The molecule has 2 aliphatic carbocycles. The molecule has 1 nitrogen and oxygen atoms in total. The van der Waals surface area contributed by atoms with Gasteiger partial charge in [-0.3, -0.25) is 0 Å². The highest BCUT2D eigenvalue weighted by atomic mass is 16.5. The Kier molecular flexibility index (Phi) is 10.6. The molecule has 0 aromatic rings. The number of rotatable bonds is 10. The Bertz CT molecular complexity index is 368. The molecule has 144 valence electrons. The van der Waals surface area contributed by atoms with Crippen LogP contribution < -0.4 is 0 Å². The molecule has 2 rings (SSSR count). The van der Waals surface area contributed by atoms with E-state index in [0.29, 0.717) is 6.10 Å². The molecule has 0 aromatic carbocycles. The number of allylic oxidation sites excluding steroid dienone is 3. The average Bonchev–Trinajstić information content (AvgIpc) is 2.66. The lowest BCUT2D eigenvalue weighted by Crippen LogP contribution is -2.22.